The van der Waals surface area contributed by atoms with Crippen molar-refractivity contribution in [3.63, 3.8) is 0 Å². The van der Waals surface area contributed by atoms with Gasteiger partial charge in [-0.2, -0.15) is 5.10 Å². The molecule has 1 N–H and O–H groups in total. The smallest absolute Gasteiger partial charge is 0.133 e. The number of fused-ring (bicyclic) bond motifs is 1. The summed E-state index contributed by atoms with van der Waals surface area (Å²) in [5.41, 5.74) is 4.31. The molecule has 4 nitrogen and oxygen atoms in total. The number of hydrogen-bond donors (Lipinski definition) is 1. The van der Waals surface area contributed by atoms with Crippen molar-refractivity contribution in [3.05, 3.63) is 71.2 Å². The van der Waals surface area contributed by atoms with Crippen LogP contribution in [-0.2, 0) is 12.8 Å². The zero-order chi connectivity index (χ0) is 16.5. The van der Waals surface area contributed by atoms with E-state index in [-0.39, 0.29) is 5.82 Å². The Labute approximate surface area is 139 Å². The fraction of sp³-hybridized carbons (Fsp3) is 0.211. The minimum atomic E-state index is -0.243. The summed E-state index contributed by atoms with van der Waals surface area (Å²) in [6, 6.07) is 14.5. The number of halogens is 1. The standard InChI is InChI=1S/C19H18FN3O/c1-24-16-4-2-3-13(11-16)12-18-17-9-10-21-19(17)23(22-18)15-7-5-14(20)6-8-15/h2-8,11,21H,9-10,12H2,1H3. The molecule has 0 aliphatic carbocycles. The zero-order valence-corrected chi connectivity index (χ0v) is 13.4. The summed E-state index contributed by atoms with van der Waals surface area (Å²) in [5, 5.41) is 8.17. The highest BCUT2D eigenvalue weighted by Gasteiger charge is 2.23. The van der Waals surface area contributed by atoms with Crippen molar-refractivity contribution in [2.75, 3.05) is 19.0 Å². The van der Waals surface area contributed by atoms with E-state index >= 15 is 0 Å². The Balaban J connectivity index is 1.71. The van der Waals surface area contributed by atoms with E-state index < -0.39 is 0 Å². The second kappa shape index (κ2) is 6.00. The molecule has 1 aromatic heterocycles. The fourth-order valence-corrected chi connectivity index (χ4v) is 3.13. The third-order valence-electron chi connectivity index (χ3n) is 4.31. The highest BCUT2D eigenvalue weighted by molar-refractivity contribution is 5.57. The van der Waals surface area contributed by atoms with Crippen LogP contribution in [0.5, 0.6) is 5.75 Å². The van der Waals surface area contributed by atoms with Crippen molar-refractivity contribution in [1.82, 2.24) is 9.78 Å². The second-order valence-electron chi connectivity index (χ2n) is 5.87. The molecule has 0 saturated carbocycles. The van der Waals surface area contributed by atoms with E-state index in [0.717, 1.165) is 47.9 Å². The van der Waals surface area contributed by atoms with Gasteiger partial charge in [0.2, 0.25) is 0 Å². The molecule has 4 rings (SSSR count). The summed E-state index contributed by atoms with van der Waals surface area (Å²) < 4.78 is 20.4. The van der Waals surface area contributed by atoms with Gasteiger partial charge in [-0.15, -0.1) is 0 Å². The predicted octanol–water partition coefficient (Wildman–Crippen LogP) is 3.58. The maximum absolute atomic E-state index is 13.2. The molecule has 1 aliphatic heterocycles. The molecular formula is C19H18FN3O. The van der Waals surface area contributed by atoms with Gasteiger partial charge in [-0.1, -0.05) is 12.1 Å². The van der Waals surface area contributed by atoms with Crippen molar-refractivity contribution >= 4 is 5.82 Å². The largest absolute Gasteiger partial charge is 0.497 e. The average Bonchev–Trinajstić information content (AvgIpc) is 3.20. The highest BCUT2D eigenvalue weighted by atomic mass is 19.1. The predicted molar refractivity (Wildman–Crippen MR) is 91.5 cm³/mol. The van der Waals surface area contributed by atoms with E-state index in [9.17, 15) is 4.39 Å². The molecule has 0 spiro atoms. The quantitative estimate of drug-likeness (QED) is 0.798. The van der Waals surface area contributed by atoms with E-state index in [0.29, 0.717) is 0 Å². The molecule has 0 saturated heterocycles. The number of aromatic nitrogens is 2. The van der Waals surface area contributed by atoms with Crippen LogP contribution in [0.15, 0.2) is 48.5 Å². The maximum Gasteiger partial charge on any atom is 0.133 e. The zero-order valence-electron chi connectivity index (χ0n) is 13.4. The third-order valence-corrected chi connectivity index (χ3v) is 4.31. The van der Waals surface area contributed by atoms with Crippen LogP contribution in [0.2, 0.25) is 0 Å². The van der Waals surface area contributed by atoms with Crippen LogP contribution in [0, 0.1) is 5.82 Å². The number of hydrogen-bond acceptors (Lipinski definition) is 3. The SMILES string of the molecule is COc1cccc(Cc2nn(-c3ccc(F)cc3)c3c2CCN3)c1. The first-order valence-corrected chi connectivity index (χ1v) is 7.98. The maximum atomic E-state index is 13.2. The molecule has 2 aromatic carbocycles. The Hall–Kier alpha value is -2.82. The molecule has 0 radical (unpaired) electrons. The molecule has 0 bridgehead atoms. The summed E-state index contributed by atoms with van der Waals surface area (Å²) in [5.74, 6) is 1.62. The van der Waals surface area contributed by atoms with Gasteiger partial charge in [0, 0.05) is 18.5 Å². The van der Waals surface area contributed by atoms with Crippen LogP contribution < -0.4 is 10.1 Å². The summed E-state index contributed by atoms with van der Waals surface area (Å²) >= 11 is 0. The lowest BCUT2D eigenvalue weighted by atomic mass is 10.1. The van der Waals surface area contributed by atoms with E-state index in [2.05, 4.69) is 11.4 Å². The average molecular weight is 323 g/mol. The summed E-state index contributed by atoms with van der Waals surface area (Å²) in [6.07, 6.45) is 1.70. The molecule has 24 heavy (non-hydrogen) atoms. The minimum absolute atomic E-state index is 0.243. The fourth-order valence-electron chi connectivity index (χ4n) is 3.13. The molecule has 0 amide bonds. The first-order valence-electron chi connectivity index (χ1n) is 7.98. The van der Waals surface area contributed by atoms with E-state index in [1.807, 2.05) is 22.9 Å². The van der Waals surface area contributed by atoms with Gasteiger partial charge in [0.05, 0.1) is 18.5 Å². The normalized spacial score (nSPS) is 12.8. The van der Waals surface area contributed by atoms with E-state index in [1.165, 1.54) is 17.7 Å². The molecule has 0 unspecified atom stereocenters. The third kappa shape index (κ3) is 2.62. The molecular weight excluding hydrogens is 305 g/mol. The monoisotopic (exact) mass is 323 g/mol. The van der Waals surface area contributed by atoms with Crippen LogP contribution in [0.25, 0.3) is 5.69 Å². The van der Waals surface area contributed by atoms with Crippen molar-refractivity contribution in [3.8, 4) is 11.4 Å². The Morgan fingerprint density at radius 1 is 1.21 bits per heavy atom. The van der Waals surface area contributed by atoms with Crippen LogP contribution in [0.3, 0.4) is 0 Å². The van der Waals surface area contributed by atoms with Crippen molar-refractivity contribution < 1.29 is 9.13 Å². The van der Waals surface area contributed by atoms with Crippen molar-refractivity contribution in [1.29, 1.82) is 0 Å². The molecule has 3 aromatic rings. The van der Waals surface area contributed by atoms with Crippen LogP contribution in [0.4, 0.5) is 10.2 Å². The van der Waals surface area contributed by atoms with Gasteiger partial charge in [-0.05, 0) is 48.4 Å². The lowest BCUT2D eigenvalue weighted by Crippen LogP contribution is -2.05. The van der Waals surface area contributed by atoms with E-state index in [4.69, 9.17) is 9.84 Å². The van der Waals surface area contributed by atoms with Gasteiger partial charge in [-0.3, -0.25) is 0 Å². The highest BCUT2D eigenvalue weighted by Crippen LogP contribution is 2.30. The van der Waals surface area contributed by atoms with Gasteiger partial charge in [0.25, 0.3) is 0 Å². The summed E-state index contributed by atoms with van der Waals surface area (Å²) in [7, 11) is 1.67. The summed E-state index contributed by atoms with van der Waals surface area (Å²) in [6.45, 7) is 0.902. The van der Waals surface area contributed by atoms with Gasteiger partial charge >= 0.3 is 0 Å². The first-order chi connectivity index (χ1) is 11.7. The van der Waals surface area contributed by atoms with E-state index in [1.54, 1.807) is 19.2 Å². The Morgan fingerprint density at radius 3 is 2.83 bits per heavy atom. The van der Waals surface area contributed by atoms with Crippen molar-refractivity contribution in [2.24, 2.45) is 0 Å². The summed E-state index contributed by atoms with van der Waals surface area (Å²) in [4.78, 5) is 0. The van der Waals surface area contributed by atoms with Gasteiger partial charge < -0.3 is 10.1 Å². The first kappa shape index (κ1) is 14.8. The number of benzene rings is 2. The lowest BCUT2D eigenvalue weighted by molar-refractivity contribution is 0.414. The number of rotatable bonds is 4. The molecule has 0 atom stereocenters. The molecule has 122 valence electrons. The number of nitrogens with one attached hydrogen (secondary N) is 1. The van der Waals surface area contributed by atoms with Crippen LogP contribution in [0.1, 0.15) is 16.8 Å². The molecule has 5 heteroatoms. The van der Waals surface area contributed by atoms with Gasteiger partial charge in [-0.25, -0.2) is 9.07 Å². The van der Waals surface area contributed by atoms with Gasteiger partial charge in [0.1, 0.15) is 17.4 Å². The molecule has 1 aliphatic rings. The minimum Gasteiger partial charge on any atom is -0.497 e. The topological polar surface area (TPSA) is 39.1 Å². The lowest BCUT2D eigenvalue weighted by Gasteiger charge is -2.06. The Kier molecular flexibility index (Phi) is 3.69. The van der Waals surface area contributed by atoms with Crippen molar-refractivity contribution in [2.45, 2.75) is 12.8 Å². The molecule has 2 heterocycles. The van der Waals surface area contributed by atoms with Crippen LogP contribution >= 0.6 is 0 Å². The molecule has 0 fully saturated rings. The van der Waals surface area contributed by atoms with Crippen LogP contribution in [-0.4, -0.2) is 23.4 Å². The number of methoxy groups -OCH3 is 1. The Morgan fingerprint density at radius 2 is 2.04 bits per heavy atom. The second-order valence-corrected chi connectivity index (χ2v) is 5.87. The Bertz CT molecular complexity index is 871. The van der Waals surface area contributed by atoms with Gasteiger partial charge in [0.15, 0.2) is 0 Å². The number of ether oxygens (including phenoxy) is 1. The number of anilines is 1. The number of nitrogens with zero attached hydrogens (tertiary/aromatic N) is 2.